The molecule has 4 heteroatoms. The Hall–Kier alpha value is -1.41. The Morgan fingerprint density at radius 3 is 2.38 bits per heavy atom. The first-order valence-corrected chi connectivity index (χ1v) is 11.5. The molecule has 0 amide bonds. The van der Waals surface area contributed by atoms with Crippen LogP contribution in [0.15, 0.2) is 30.3 Å². The van der Waals surface area contributed by atoms with Crippen molar-refractivity contribution in [1.82, 2.24) is 4.90 Å². The summed E-state index contributed by atoms with van der Waals surface area (Å²) in [6.07, 6.45) is 2.25. The van der Waals surface area contributed by atoms with Crippen LogP contribution in [0, 0.1) is 20.8 Å². The second-order valence-electron chi connectivity index (χ2n) is 8.61. The van der Waals surface area contributed by atoms with Crippen molar-refractivity contribution in [2.24, 2.45) is 0 Å². The summed E-state index contributed by atoms with van der Waals surface area (Å²) in [5.41, 5.74) is 6.53. The van der Waals surface area contributed by atoms with E-state index >= 15 is 0 Å². The average molecular weight is 416 g/mol. The molecule has 0 heterocycles. The molecule has 0 bridgehead atoms. The molecule has 0 N–H and O–H groups in total. The number of methoxy groups -OCH3 is 1. The number of rotatable bonds is 10. The fraction of sp³-hybridized carbons (Fsp3) is 0.520. The minimum atomic E-state index is 0.0188. The van der Waals surface area contributed by atoms with E-state index in [1.165, 1.54) is 33.1 Å². The van der Waals surface area contributed by atoms with Crippen molar-refractivity contribution in [2.75, 3.05) is 28.0 Å². The molecular weight excluding hydrogens is 377 g/mol. The van der Waals surface area contributed by atoms with Crippen LogP contribution in [0.25, 0.3) is 0 Å². The largest absolute Gasteiger partial charge is 0.467 e. The second kappa shape index (κ2) is 10.6. The SMILES string of the molecule is CCCC(C)(Pc1ccc(C)cc1CN(C)C)c1cc(C)cc(C)c1OCOC. The van der Waals surface area contributed by atoms with E-state index in [0.717, 1.165) is 25.1 Å². The van der Waals surface area contributed by atoms with Crippen LogP contribution in [0.5, 0.6) is 5.75 Å². The first kappa shape index (κ1) is 23.9. The Morgan fingerprint density at radius 2 is 1.76 bits per heavy atom. The third-order valence-electron chi connectivity index (χ3n) is 5.24. The summed E-state index contributed by atoms with van der Waals surface area (Å²) in [7, 11) is 6.63. The second-order valence-corrected chi connectivity index (χ2v) is 10.5. The van der Waals surface area contributed by atoms with Crippen molar-refractivity contribution in [3.63, 3.8) is 0 Å². The molecule has 0 saturated heterocycles. The molecule has 2 atom stereocenters. The topological polar surface area (TPSA) is 21.7 Å². The predicted octanol–water partition coefficient (Wildman–Crippen LogP) is 5.68. The third kappa shape index (κ3) is 6.28. The smallest absolute Gasteiger partial charge is 0.188 e. The zero-order chi connectivity index (χ0) is 21.6. The van der Waals surface area contributed by atoms with Gasteiger partial charge in [0, 0.05) is 24.4 Å². The van der Waals surface area contributed by atoms with E-state index in [9.17, 15) is 0 Å². The van der Waals surface area contributed by atoms with Gasteiger partial charge in [-0.15, -0.1) is 0 Å². The number of hydrogen-bond acceptors (Lipinski definition) is 3. The van der Waals surface area contributed by atoms with Crippen molar-refractivity contribution in [3.05, 3.63) is 58.1 Å². The molecule has 29 heavy (non-hydrogen) atoms. The summed E-state index contributed by atoms with van der Waals surface area (Å²) in [6, 6.07) is 11.4. The van der Waals surface area contributed by atoms with E-state index in [-0.39, 0.29) is 11.9 Å². The van der Waals surface area contributed by atoms with Crippen LogP contribution in [-0.4, -0.2) is 32.9 Å². The van der Waals surface area contributed by atoms with Crippen LogP contribution in [-0.2, 0) is 16.4 Å². The van der Waals surface area contributed by atoms with Crippen molar-refractivity contribution in [1.29, 1.82) is 0 Å². The maximum Gasteiger partial charge on any atom is 0.188 e. The number of ether oxygens (including phenoxy) is 2. The van der Waals surface area contributed by atoms with Crippen LogP contribution < -0.4 is 10.0 Å². The Labute approximate surface area is 179 Å². The molecule has 2 rings (SSSR count). The molecule has 0 fully saturated rings. The predicted molar refractivity (Wildman–Crippen MR) is 127 cm³/mol. The van der Waals surface area contributed by atoms with E-state index in [1.54, 1.807) is 7.11 Å². The van der Waals surface area contributed by atoms with Crippen LogP contribution in [0.2, 0.25) is 0 Å². The first-order valence-electron chi connectivity index (χ1n) is 10.5. The Kier molecular flexibility index (Phi) is 8.70. The summed E-state index contributed by atoms with van der Waals surface area (Å²) >= 11 is 0. The van der Waals surface area contributed by atoms with Crippen LogP contribution in [0.4, 0.5) is 0 Å². The molecule has 2 aromatic carbocycles. The number of aryl methyl sites for hydroxylation is 3. The average Bonchev–Trinajstić information content (AvgIpc) is 2.62. The maximum atomic E-state index is 6.09. The number of nitrogens with zero attached hydrogens (tertiary/aromatic N) is 1. The standard InChI is InChI=1S/C25H38NO2P/c1-9-12-25(5,22-15-19(3)13-20(4)24(22)28-17-27-8)29-23-11-10-18(2)14-21(23)16-26(6)7/h10-11,13-15,29H,9,12,16-17H2,1-8H3. The highest BCUT2D eigenvalue weighted by Gasteiger charge is 2.31. The highest BCUT2D eigenvalue weighted by Crippen LogP contribution is 2.49. The summed E-state index contributed by atoms with van der Waals surface area (Å²) in [5, 5.41) is 1.47. The van der Waals surface area contributed by atoms with E-state index in [2.05, 4.69) is 83.9 Å². The van der Waals surface area contributed by atoms with Gasteiger partial charge in [-0.2, -0.15) is 0 Å². The molecule has 0 aromatic heterocycles. The van der Waals surface area contributed by atoms with Crippen LogP contribution in [0.1, 0.15) is 54.5 Å². The number of hydrogen-bond donors (Lipinski definition) is 0. The van der Waals surface area contributed by atoms with Gasteiger partial charge in [-0.05, 0) is 57.7 Å². The van der Waals surface area contributed by atoms with Crippen molar-refractivity contribution in [2.45, 2.75) is 59.2 Å². The highest BCUT2D eigenvalue weighted by atomic mass is 31.1. The Morgan fingerprint density at radius 1 is 1.03 bits per heavy atom. The van der Waals surface area contributed by atoms with Gasteiger partial charge in [-0.3, -0.25) is 0 Å². The maximum absolute atomic E-state index is 6.09. The third-order valence-corrected chi connectivity index (χ3v) is 7.07. The molecule has 0 radical (unpaired) electrons. The Bertz CT molecular complexity index is 819. The van der Waals surface area contributed by atoms with E-state index < -0.39 is 0 Å². The summed E-state index contributed by atoms with van der Waals surface area (Å²) in [4.78, 5) is 2.25. The lowest BCUT2D eigenvalue weighted by atomic mass is 9.91. The van der Waals surface area contributed by atoms with Crippen LogP contribution >= 0.6 is 8.58 Å². The van der Waals surface area contributed by atoms with E-state index in [1.807, 2.05) is 0 Å². The summed E-state index contributed by atoms with van der Waals surface area (Å²) in [5.74, 6) is 0.988. The van der Waals surface area contributed by atoms with Gasteiger partial charge in [0.25, 0.3) is 0 Å². The van der Waals surface area contributed by atoms with E-state index in [4.69, 9.17) is 9.47 Å². The van der Waals surface area contributed by atoms with Gasteiger partial charge in [-0.25, -0.2) is 0 Å². The summed E-state index contributed by atoms with van der Waals surface area (Å²) < 4.78 is 11.3. The van der Waals surface area contributed by atoms with E-state index in [0.29, 0.717) is 8.58 Å². The van der Waals surface area contributed by atoms with Crippen molar-refractivity contribution >= 4 is 13.9 Å². The lowest BCUT2D eigenvalue weighted by molar-refractivity contribution is 0.0495. The normalized spacial score (nSPS) is 14.0. The van der Waals surface area contributed by atoms with Gasteiger partial charge in [-0.1, -0.05) is 70.3 Å². The molecule has 2 unspecified atom stereocenters. The fourth-order valence-electron chi connectivity index (χ4n) is 4.05. The number of benzene rings is 2. The lowest BCUT2D eigenvalue weighted by Gasteiger charge is -2.34. The Balaban J connectivity index is 2.56. The summed E-state index contributed by atoms with van der Waals surface area (Å²) in [6.45, 7) is 12.4. The van der Waals surface area contributed by atoms with Gasteiger partial charge >= 0.3 is 0 Å². The molecular formula is C25H38NO2P. The minimum Gasteiger partial charge on any atom is -0.467 e. The zero-order valence-electron chi connectivity index (χ0n) is 19.5. The van der Waals surface area contributed by atoms with Gasteiger partial charge in [0.2, 0.25) is 0 Å². The quantitative estimate of drug-likeness (QED) is 0.368. The van der Waals surface area contributed by atoms with Crippen molar-refractivity contribution < 1.29 is 9.47 Å². The highest BCUT2D eigenvalue weighted by molar-refractivity contribution is 7.48. The lowest BCUT2D eigenvalue weighted by Crippen LogP contribution is -2.24. The molecule has 2 aromatic rings. The van der Waals surface area contributed by atoms with Gasteiger partial charge < -0.3 is 14.4 Å². The minimum absolute atomic E-state index is 0.0188. The van der Waals surface area contributed by atoms with Gasteiger partial charge in [0.15, 0.2) is 6.79 Å². The monoisotopic (exact) mass is 415 g/mol. The van der Waals surface area contributed by atoms with Crippen LogP contribution in [0.3, 0.4) is 0 Å². The van der Waals surface area contributed by atoms with Gasteiger partial charge in [0.05, 0.1) is 0 Å². The molecule has 0 aliphatic carbocycles. The first-order chi connectivity index (χ1) is 13.7. The molecule has 0 aliphatic heterocycles. The molecule has 0 saturated carbocycles. The molecule has 0 spiro atoms. The van der Waals surface area contributed by atoms with Gasteiger partial charge in [0.1, 0.15) is 5.75 Å². The zero-order valence-corrected chi connectivity index (χ0v) is 20.5. The van der Waals surface area contributed by atoms with Crippen molar-refractivity contribution in [3.8, 4) is 5.75 Å². The molecule has 3 nitrogen and oxygen atoms in total. The molecule has 160 valence electrons. The molecule has 0 aliphatic rings. The fourth-order valence-corrected chi connectivity index (χ4v) is 5.82.